The lowest BCUT2D eigenvalue weighted by atomic mass is 9.82. The van der Waals surface area contributed by atoms with Crippen LogP contribution in [0.25, 0.3) is 0 Å². The van der Waals surface area contributed by atoms with Crippen molar-refractivity contribution in [2.45, 2.75) is 57.0 Å². The SMILES string of the molecule is CCc1ccc(C2CNCCN2C(=O)CN2C(=O)NC3(CCCCC3)C2=O)cc1.Cl. The Hall–Kier alpha value is -2.12. The van der Waals surface area contributed by atoms with Crippen molar-refractivity contribution in [1.29, 1.82) is 0 Å². The minimum absolute atomic E-state index is 0. The molecule has 1 aliphatic carbocycles. The van der Waals surface area contributed by atoms with Gasteiger partial charge in [0.25, 0.3) is 5.91 Å². The topological polar surface area (TPSA) is 81.8 Å². The van der Waals surface area contributed by atoms with Crippen LogP contribution in [0.1, 0.15) is 56.2 Å². The van der Waals surface area contributed by atoms with Crippen LogP contribution in [-0.2, 0) is 16.0 Å². The summed E-state index contributed by atoms with van der Waals surface area (Å²) in [6.45, 7) is 3.87. The Morgan fingerprint density at radius 1 is 1.13 bits per heavy atom. The van der Waals surface area contributed by atoms with Crippen molar-refractivity contribution < 1.29 is 14.4 Å². The van der Waals surface area contributed by atoms with Gasteiger partial charge in [0, 0.05) is 19.6 Å². The Labute approximate surface area is 184 Å². The number of hydrogen-bond acceptors (Lipinski definition) is 4. The third-order valence-corrected chi connectivity index (χ3v) is 6.58. The standard InChI is InChI=1S/C22H30N4O3.ClH/c1-2-16-6-8-17(9-7-16)18-14-23-12-13-25(18)19(27)15-26-20(28)22(24-21(26)29)10-4-3-5-11-22;/h6-9,18,23H,2-5,10-15H2,1H3,(H,24,29);1H. The zero-order valence-corrected chi connectivity index (χ0v) is 18.3. The molecule has 1 unspecified atom stereocenters. The molecule has 0 aromatic heterocycles. The van der Waals surface area contributed by atoms with Crippen molar-refractivity contribution in [3.8, 4) is 0 Å². The lowest BCUT2D eigenvalue weighted by Gasteiger charge is -2.37. The third-order valence-electron chi connectivity index (χ3n) is 6.58. The highest BCUT2D eigenvalue weighted by molar-refractivity contribution is 6.09. The molecule has 2 aliphatic heterocycles. The monoisotopic (exact) mass is 434 g/mol. The Morgan fingerprint density at radius 2 is 1.83 bits per heavy atom. The molecule has 1 aromatic carbocycles. The molecule has 1 aromatic rings. The second kappa shape index (κ2) is 9.35. The second-order valence-corrected chi connectivity index (χ2v) is 8.37. The van der Waals surface area contributed by atoms with Gasteiger partial charge < -0.3 is 15.5 Å². The quantitative estimate of drug-likeness (QED) is 0.713. The largest absolute Gasteiger partial charge is 0.332 e. The number of benzene rings is 1. The van der Waals surface area contributed by atoms with Gasteiger partial charge in [0.1, 0.15) is 12.1 Å². The van der Waals surface area contributed by atoms with Gasteiger partial charge in [-0.05, 0) is 30.4 Å². The van der Waals surface area contributed by atoms with Crippen LogP contribution in [0.4, 0.5) is 4.79 Å². The molecule has 0 radical (unpaired) electrons. The Morgan fingerprint density at radius 3 is 2.50 bits per heavy atom. The number of rotatable bonds is 4. The zero-order chi connectivity index (χ0) is 20.4. The van der Waals surface area contributed by atoms with Crippen molar-refractivity contribution in [2.75, 3.05) is 26.2 Å². The summed E-state index contributed by atoms with van der Waals surface area (Å²) >= 11 is 0. The summed E-state index contributed by atoms with van der Waals surface area (Å²) in [4.78, 5) is 41.6. The van der Waals surface area contributed by atoms with E-state index in [1.807, 2.05) is 4.90 Å². The number of nitrogens with one attached hydrogen (secondary N) is 2. The minimum atomic E-state index is -0.783. The summed E-state index contributed by atoms with van der Waals surface area (Å²) in [7, 11) is 0. The average Bonchev–Trinajstić information content (AvgIpc) is 2.98. The number of piperazine rings is 1. The lowest BCUT2D eigenvalue weighted by molar-refractivity contribution is -0.141. The van der Waals surface area contributed by atoms with E-state index in [2.05, 4.69) is 41.8 Å². The molecule has 30 heavy (non-hydrogen) atoms. The predicted molar refractivity (Wildman–Crippen MR) is 116 cm³/mol. The Balaban J connectivity index is 0.00000256. The van der Waals surface area contributed by atoms with Crippen molar-refractivity contribution >= 4 is 30.3 Å². The maximum absolute atomic E-state index is 13.1. The molecule has 0 bridgehead atoms. The van der Waals surface area contributed by atoms with Crippen LogP contribution in [0, 0.1) is 0 Å². The van der Waals surface area contributed by atoms with Gasteiger partial charge in [0.2, 0.25) is 5.91 Å². The molecule has 1 atom stereocenters. The highest BCUT2D eigenvalue weighted by Crippen LogP contribution is 2.34. The number of amides is 4. The van der Waals surface area contributed by atoms with Gasteiger partial charge in [-0.25, -0.2) is 4.79 Å². The minimum Gasteiger partial charge on any atom is -0.332 e. The fourth-order valence-electron chi connectivity index (χ4n) is 4.82. The molecule has 8 heteroatoms. The lowest BCUT2D eigenvalue weighted by Crippen LogP contribution is -2.52. The fraction of sp³-hybridized carbons (Fsp3) is 0.591. The summed E-state index contributed by atoms with van der Waals surface area (Å²) in [6, 6.07) is 7.81. The molecule has 164 valence electrons. The number of nitrogens with zero attached hydrogens (tertiary/aromatic N) is 2. The number of imide groups is 1. The predicted octanol–water partition coefficient (Wildman–Crippen LogP) is 2.40. The van der Waals surface area contributed by atoms with Gasteiger partial charge in [0.15, 0.2) is 0 Å². The van der Waals surface area contributed by atoms with Crippen LogP contribution < -0.4 is 10.6 Å². The molecule has 3 fully saturated rings. The zero-order valence-electron chi connectivity index (χ0n) is 17.5. The first-order valence-corrected chi connectivity index (χ1v) is 10.8. The molecular weight excluding hydrogens is 404 g/mol. The number of halogens is 1. The summed E-state index contributed by atoms with van der Waals surface area (Å²) in [5.41, 5.74) is 1.55. The van der Waals surface area contributed by atoms with Crippen molar-refractivity contribution in [3.63, 3.8) is 0 Å². The van der Waals surface area contributed by atoms with Crippen LogP contribution in [0.15, 0.2) is 24.3 Å². The van der Waals surface area contributed by atoms with Crippen LogP contribution in [0.3, 0.4) is 0 Å². The van der Waals surface area contributed by atoms with Crippen LogP contribution in [0.2, 0.25) is 0 Å². The van der Waals surface area contributed by atoms with Gasteiger partial charge in [-0.15, -0.1) is 12.4 Å². The molecule has 7 nitrogen and oxygen atoms in total. The van der Waals surface area contributed by atoms with Crippen molar-refractivity contribution in [2.24, 2.45) is 0 Å². The normalized spacial score (nSPS) is 23.3. The van der Waals surface area contributed by atoms with E-state index in [9.17, 15) is 14.4 Å². The van der Waals surface area contributed by atoms with E-state index < -0.39 is 11.6 Å². The van der Waals surface area contributed by atoms with Gasteiger partial charge in [-0.3, -0.25) is 14.5 Å². The fourth-order valence-corrected chi connectivity index (χ4v) is 4.82. The van der Waals surface area contributed by atoms with Crippen molar-refractivity contribution in [3.05, 3.63) is 35.4 Å². The van der Waals surface area contributed by atoms with Crippen LogP contribution in [-0.4, -0.2) is 59.4 Å². The highest BCUT2D eigenvalue weighted by Gasteiger charge is 2.52. The maximum Gasteiger partial charge on any atom is 0.325 e. The number of carbonyl (C=O) groups is 3. The molecule has 1 saturated carbocycles. The molecule has 3 aliphatic rings. The first kappa shape index (κ1) is 22.6. The molecular formula is C22H31ClN4O3. The molecule has 2 saturated heterocycles. The Bertz CT molecular complexity index is 792. The van der Waals surface area contributed by atoms with E-state index in [1.165, 1.54) is 5.56 Å². The summed E-state index contributed by atoms with van der Waals surface area (Å²) in [5, 5.41) is 6.24. The number of urea groups is 1. The van der Waals surface area contributed by atoms with E-state index in [0.29, 0.717) is 32.5 Å². The van der Waals surface area contributed by atoms with Gasteiger partial charge in [-0.2, -0.15) is 0 Å². The van der Waals surface area contributed by atoms with E-state index >= 15 is 0 Å². The highest BCUT2D eigenvalue weighted by atomic mass is 35.5. The van der Waals surface area contributed by atoms with Crippen LogP contribution >= 0.6 is 12.4 Å². The summed E-state index contributed by atoms with van der Waals surface area (Å²) < 4.78 is 0. The van der Waals surface area contributed by atoms with E-state index in [1.54, 1.807) is 0 Å². The van der Waals surface area contributed by atoms with Gasteiger partial charge >= 0.3 is 6.03 Å². The molecule has 2 N–H and O–H groups in total. The average molecular weight is 435 g/mol. The van der Waals surface area contributed by atoms with Crippen molar-refractivity contribution in [1.82, 2.24) is 20.4 Å². The van der Waals surface area contributed by atoms with E-state index in [0.717, 1.165) is 36.1 Å². The van der Waals surface area contributed by atoms with E-state index in [4.69, 9.17) is 0 Å². The van der Waals surface area contributed by atoms with E-state index in [-0.39, 0.29) is 36.8 Å². The van der Waals surface area contributed by atoms with Gasteiger partial charge in [0.05, 0.1) is 6.04 Å². The molecule has 4 rings (SSSR count). The molecule has 1 spiro atoms. The Kier molecular flexibility index (Phi) is 7.03. The third kappa shape index (κ3) is 4.18. The maximum atomic E-state index is 13.1. The number of hydrogen-bond donors (Lipinski definition) is 2. The molecule has 2 heterocycles. The molecule has 4 amide bonds. The number of carbonyl (C=O) groups excluding carboxylic acids is 3. The smallest absolute Gasteiger partial charge is 0.325 e. The second-order valence-electron chi connectivity index (χ2n) is 8.37. The summed E-state index contributed by atoms with van der Waals surface area (Å²) in [5.74, 6) is -0.401. The van der Waals surface area contributed by atoms with Gasteiger partial charge in [-0.1, -0.05) is 50.5 Å². The van der Waals surface area contributed by atoms with Crippen LogP contribution in [0.5, 0.6) is 0 Å². The summed E-state index contributed by atoms with van der Waals surface area (Å²) in [6.07, 6.45) is 5.26. The number of aryl methyl sites for hydroxylation is 1. The first-order valence-electron chi connectivity index (χ1n) is 10.8. The first-order chi connectivity index (χ1) is 14.0.